The summed E-state index contributed by atoms with van der Waals surface area (Å²) in [7, 11) is 4.03. The van der Waals surface area contributed by atoms with Crippen molar-refractivity contribution in [2.45, 2.75) is 6.04 Å². The first-order valence-electron chi connectivity index (χ1n) is 7.57. The topological polar surface area (TPSA) is 63.1 Å². The Bertz CT molecular complexity index is 766. The summed E-state index contributed by atoms with van der Waals surface area (Å²) in [5.74, 6) is -0.0813. The smallest absolute Gasteiger partial charge is 0.251 e. The van der Waals surface area contributed by atoms with Crippen molar-refractivity contribution in [2.75, 3.05) is 20.6 Å². The Kier molecular flexibility index (Phi) is 5.02. The minimum Gasteiger partial charge on any atom is -0.350 e. The van der Waals surface area contributed by atoms with Gasteiger partial charge in [-0.2, -0.15) is 16.4 Å². The van der Waals surface area contributed by atoms with Crippen molar-refractivity contribution in [1.82, 2.24) is 25.0 Å². The lowest BCUT2D eigenvalue weighted by molar-refractivity contribution is 0.0942. The van der Waals surface area contributed by atoms with E-state index < -0.39 is 0 Å². The number of carbonyl (C=O) groups excluding carboxylic acids is 1. The number of thiophene rings is 1. The first-order chi connectivity index (χ1) is 11.6. The van der Waals surface area contributed by atoms with Crippen LogP contribution in [0.3, 0.4) is 0 Å². The fourth-order valence-electron chi connectivity index (χ4n) is 2.46. The van der Waals surface area contributed by atoms with Crippen LogP contribution >= 0.6 is 11.3 Å². The van der Waals surface area contributed by atoms with E-state index in [0.717, 1.165) is 5.69 Å². The molecule has 3 rings (SSSR count). The van der Waals surface area contributed by atoms with Gasteiger partial charge in [-0.15, -0.1) is 0 Å². The SMILES string of the molecule is CN(C)C(CNC(=O)c1ccc(-n2cncn2)cc1)c1ccsc1. The molecule has 0 aliphatic carbocycles. The second kappa shape index (κ2) is 7.37. The molecule has 1 amide bonds. The molecule has 2 heterocycles. The Morgan fingerprint density at radius 3 is 2.67 bits per heavy atom. The molecule has 0 aliphatic heterocycles. The van der Waals surface area contributed by atoms with Gasteiger partial charge in [0.1, 0.15) is 12.7 Å². The van der Waals surface area contributed by atoms with E-state index in [1.54, 1.807) is 34.5 Å². The molecule has 1 N–H and O–H groups in total. The highest BCUT2D eigenvalue weighted by atomic mass is 32.1. The Balaban J connectivity index is 1.64. The van der Waals surface area contributed by atoms with Crippen molar-refractivity contribution in [2.24, 2.45) is 0 Å². The second-order valence-electron chi connectivity index (χ2n) is 5.63. The fraction of sp³-hybridized carbons (Fsp3) is 0.235. The molecule has 0 saturated carbocycles. The number of nitrogens with one attached hydrogen (secondary N) is 1. The quantitative estimate of drug-likeness (QED) is 0.748. The maximum atomic E-state index is 12.4. The highest BCUT2D eigenvalue weighted by molar-refractivity contribution is 7.07. The first-order valence-corrected chi connectivity index (χ1v) is 8.51. The Labute approximate surface area is 144 Å². The molecule has 0 aliphatic rings. The summed E-state index contributed by atoms with van der Waals surface area (Å²) in [4.78, 5) is 18.4. The largest absolute Gasteiger partial charge is 0.350 e. The molecular formula is C17H19N5OS. The molecule has 0 radical (unpaired) electrons. The number of hydrogen-bond acceptors (Lipinski definition) is 5. The predicted octanol–water partition coefficient (Wildman–Crippen LogP) is 2.36. The molecular weight excluding hydrogens is 322 g/mol. The van der Waals surface area contributed by atoms with Crippen LogP contribution < -0.4 is 5.32 Å². The zero-order valence-corrected chi connectivity index (χ0v) is 14.4. The maximum Gasteiger partial charge on any atom is 0.251 e. The summed E-state index contributed by atoms with van der Waals surface area (Å²) in [5, 5.41) is 11.2. The highest BCUT2D eigenvalue weighted by Crippen LogP contribution is 2.20. The normalized spacial score (nSPS) is 12.3. The van der Waals surface area contributed by atoms with Crippen molar-refractivity contribution in [3.8, 4) is 5.69 Å². The Morgan fingerprint density at radius 1 is 1.29 bits per heavy atom. The lowest BCUT2D eigenvalue weighted by atomic mass is 10.1. The minimum atomic E-state index is -0.0813. The van der Waals surface area contributed by atoms with Crippen molar-refractivity contribution in [3.05, 3.63) is 64.9 Å². The molecule has 1 aromatic carbocycles. The van der Waals surface area contributed by atoms with Gasteiger partial charge < -0.3 is 10.2 Å². The van der Waals surface area contributed by atoms with E-state index in [1.807, 2.05) is 26.2 Å². The average molecular weight is 341 g/mol. The molecule has 1 atom stereocenters. The molecule has 0 saturated heterocycles. The molecule has 0 bridgehead atoms. The van der Waals surface area contributed by atoms with E-state index in [2.05, 4.69) is 37.1 Å². The number of likely N-dealkylation sites (N-methyl/N-ethyl adjacent to an activating group) is 1. The van der Waals surface area contributed by atoms with Crippen LogP contribution in [0.2, 0.25) is 0 Å². The first kappa shape index (κ1) is 16.4. The van der Waals surface area contributed by atoms with Crippen LogP contribution in [0.25, 0.3) is 5.69 Å². The standard InChI is InChI=1S/C17H19N5OS/c1-21(2)16(14-7-8-24-10-14)9-19-17(23)13-3-5-15(6-4-13)22-12-18-11-20-22/h3-8,10-12,16H,9H2,1-2H3,(H,19,23). The number of carbonyl (C=O) groups is 1. The van der Waals surface area contributed by atoms with Crippen molar-refractivity contribution in [3.63, 3.8) is 0 Å². The predicted molar refractivity (Wildman–Crippen MR) is 94.4 cm³/mol. The van der Waals surface area contributed by atoms with Crippen LogP contribution in [0.15, 0.2) is 53.7 Å². The van der Waals surface area contributed by atoms with Crippen LogP contribution in [0.1, 0.15) is 22.0 Å². The molecule has 6 nitrogen and oxygen atoms in total. The molecule has 2 aromatic heterocycles. The van der Waals surface area contributed by atoms with E-state index in [0.29, 0.717) is 12.1 Å². The summed E-state index contributed by atoms with van der Waals surface area (Å²) >= 11 is 1.66. The van der Waals surface area contributed by atoms with Crippen LogP contribution in [-0.2, 0) is 0 Å². The monoisotopic (exact) mass is 341 g/mol. The van der Waals surface area contributed by atoms with Gasteiger partial charge in [0.2, 0.25) is 0 Å². The van der Waals surface area contributed by atoms with E-state index in [9.17, 15) is 4.79 Å². The van der Waals surface area contributed by atoms with E-state index in [-0.39, 0.29) is 11.9 Å². The summed E-state index contributed by atoms with van der Waals surface area (Å²) in [6.45, 7) is 0.563. The number of hydrogen-bond donors (Lipinski definition) is 1. The number of amides is 1. The molecule has 0 fully saturated rings. The number of aromatic nitrogens is 3. The summed E-state index contributed by atoms with van der Waals surface area (Å²) in [6.07, 6.45) is 3.10. The third-order valence-corrected chi connectivity index (χ3v) is 4.52. The van der Waals surface area contributed by atoms with Gasteiger partial charge in [-0.25, -0.2) is 9.67 Å². The van der Waals surface area contributed by atoms with Crippen molar-refractivity contribution < 1.29 is 4.79 Å². The Hall–Kier alpha value is -2.51. The van der Waals surface area contributed by atoms with Crippen molar-refractivity contribution >= 4 is 17.2 Å². The van der Waals surface area contributed by atoms with Gasteiger partial charge in [0.25, 0.3) is 5.91 Å². The molecule has 3 aromatic rings. The van der Waals surface area contributed by atoms with Crippen molar-refractivity contribution in [1.29, 1.82) is 0 Å². The van der Waals surface area contributed by atoms with Crippen LogP contribution in [0, 0.1) is 0 Å². The average Bonchev–Trinajstić information content (AvgIpc) is 3.28. The zero-order valence-electron chi connectivity index (χ0n) is 13.6. The third-order valence-electron chi connectivity index (χ3n) is 3.82. The summed E-state index contributed by atoms with van der Waals surface area (Å²) in [6, 6.07) is 9.55. The van der Waals surface area contributed by atoms with E-state index in [1.165, 1.54) is 11.9 Å². The maximum absolute atomic E-state index is 12.4. The van der Waals surface area contributed by atoms with Gasteiger partial charge in [-0.3, -0.25) is 4.79 Å². The number of benzene rings is 1. The molecule has 1 unspecified atom stereocenters. The molecule has 124 valence electrons. The molecule has 0 spiro atoms. The van der Waals surface area contributed by atoms with Crippen LogP contribution in [0.5, 0.6) is 0 Å². The fourth-order valence-corrected chi connectivity index (χ4v) is 3.17. The van der Waals surface area contributed by atoms with Gasteiger partial charge >= 0.3 is 0 Å². The van der Waals surface area contributed by atoms with Gasteiger partial charge in [0, 0.05) is 12.1 Å². The van der Waals surface area contributed by atoms with E-state index >= 15 is 0 Å². The zero-order chi connectivity index (χ0) is 16.9. The highest BCUT2D eigenvalue weighted by Gasteiger charge is 2.16. The number of rotatable bonds is 6. The van der Waals surface area contributed by atoms with Crippen LogP contribution in [-0.4, -0.2) is 46.2 Å². The van der Waals surface area contributed by atoms with E-state index in [4.69, 9.17) is 0 Å². The van der Waals surface area contributed by atoms with Gasteiger partial charge in [-0.05, 0) is 60.8 Å². The summed E-state index contributed by atoms with van der Waals surface area (Å²) < 4.78 is 1.65. The second-order valence-corrected chi connectivity index (χ2v) is 6.41. The van der Waals surface area contributed by atoms with Gasteiger partial charge in [0.15, 0.2) is 0 Å². The third kappa shape index (κ3) is 3.69. The molecule has 7 heteroatoms. The lowest BCUT2D eigenvalue weighted by Gasteiger charge is -2.24. The lowest BCUT2D eigenvalue weighted by Crippen LogP contribution is -2.34. The van der Waals surface area contributed by atoms with Crippen LogP contribution in [0.4, 0.5) is 0 Å². The van der Waals surface area contributed by atoms with Gasteiger partial charge in [0.05, 0.1) is 11.7 Å². The minimum absolute atomic E-state index is 0.0813. The Morgan fingerprint density at radius 2 is 2.08 bits per heavy atom. The van der Waals surface area contributed by atoms with Gasteiger partial charge in [-0.1, -0.05) is 0 Å². The molecule has 24 heavy (non-hydrogen) atoms. The number of nitrogens with zero attached hydrogens (tertiary/aromatic N) is 4. The summed E-state index contributed by atoms with van der Waals surface area (Å²) in [5.41, 5.74) is 2.71.